The summed E-state index contributed by atoms with van der Waals surface area (Å²) in [4.78, 5) is 11.0. The molecule has 1 aliphatic rings. The lowest BCUT2D eigenvalue weighted by Gasteiger charge is -2.13. The zero-order valence-electron chi connectivity index (χ0n) is 8.31. The highest BCUT2D eigenvalue weighted by molar-refractivity contribution is 5.99. The van der Waals surface area contributed by atoms with Crippen LogP contribution in [0.1, 0.15) is 11.1 Å². The Labute approximate surface area is 89.2 Å². The van der Waals surface area contributed by atoms with E-state index in [0.717, 1.165) is 6.07 Å². The van der Waals surface area contributed by atoms with Crippen molar-refractivity contribution < 1.29 is 22.7 Å². The third-order valence-electron chi connectivity index (χ3n) is 2.36. The van der Waals surface area contributed by atoms with Gasteiger partial charge in [-0.1, -0.05) is 0 Å². The Morgan fingerprint density at radius 1 is 1.38 bits per heavy atom. The van der Waals surface area contributed by atoms with E-state index >= 15 is 0 Å². The highest BCUT2D eigenvalue weighted by atomic mass is 19.4. The molecule has 3 nitrogen and oxygen atoms in total. The normalized spacial score (nSPS) is 14.6. The molecule has 86 valence electrons. The minimum Gasteiger partial charge on any atom is -0.496 e. The molecule has 0 fully saturated rings. The number of hydrogen-bond donors (Lipinski definition) is 1. The number of amides is 1. The first-order valence-electron chi connectivity index (χ1n) is 4.50. The lowest BCUT2D eigenvalue weighted by molar-refractivity contribution is -0.138. The van der Waals surface area contributed by atoms with Crippen LogP contribution in [0.4, 0.5) is 18.9 Å². The van der Waals surface area contributed by atoms with E-state index in [1.807, 2.05) is 0 Å². The first-order chi connectivity index (χ1) is 7.41. The number of benzene rings is 1. The van der Waals surface area contributed by atoms with Gasteiger partial charge in [-0.25, -0.2) is 0 Å². The van der Waals surface area contributed by atoms with E-state index in [1.54, 1.807) is 0 Å². The first-order valence-corrected chi connectivity index (χ1v) is 4.50. The number of anilines is 1. The summed E-state index contributed by atoms with van der Waals surface area (Å²) < 4.78 is 42.5. The number of nitrogens with one attached hydrogen (secondary N) is 1. The number of halogens is 3. The number of hydrogen-bond acceptors (Lipinski definition) is 2. The zero-order chi connectivity index (χ0) is 11.9. The van der Waals surface area contributed by atoms with Crippen LogP contribution in [-0.4, -0.2) is 13.0 Å². The van der Waals surface area contributed by atoms with E-state index < -0.39 is 11.7 Å². The van der Waals surface area contributed by atoms with Crippen LogP contribution in [0.2, 0.25) is 0 Å². The third-order valence-corrected chi connectivity index (χ3v) is 2.36. The van der Waals surface area contributed by atoms with Gasteiger partial charge < -0.3 is 10.1 Å². The Bertz CT molecular complexity index is 454. The molecule has 0 spiro atoms. The van der Waals surface area contributed by atoms with Crippen molar-refractivity contribution in [2.75, 3.05) is 12.4 Å². The van der Waals surface area contributed by atoms with Gasteiger partial charge in [-0.15, -0.1) is 0 Å². The Morgan fingerprint density at radius 3 is 2.62 bits per heavy atom. The van der Waals surface area contributed by atoms with Gasteiger partial charge >= 0.3 is 6.18 Å². The van der Waals surface area contributed by atoms with Gasteiger partial charge in [-0.05, 0) is 17.7 Å². The van der Waals surface area contributed by atoms with Gasteiger partial charge in [0.1, 0.15) is 5.75 Å². The van der Waals surface area contributed by atoms with Gasteiger partial charge in [0.2, 0.25) is 5.91 Å². The lowest BCUT2D eigenvalue weighted by atomic mass is 10.1. The number of methoxy groups -OCH3 is 1. The highest BCUT2D eigenvalue weighted by Crippen LogP contribution is 2.40. The van der Waals surface area contributed by atoms with Crippen molar-refractivity contribution in [2.45, 2.75) is 12.6 Å². The molecule has 0 saturated heterocycles. The summed E-state index contributed by atoms with van der Waals surface area (Å²) >= 11 is 0. The summed E-state index contributed by atoms with van der Waals surface area (Å²) in [6.45, 7) is 0. The maximum absolute atomic E-state index is 12.6. The van der Waals surface area contributed by atoms with Crippen molar-refractivity contribution in [3.8, 4) is 5.75 Å². The molecule has 0 radical (unpaired) electrons. The maximum Gasteiger partial charge on any atom is 0.420 e. The number of fused-ring (bicyclic) bond motifs is 1. The summed E-state index contributed by atoms with van der Waals surface area (Å²) in [6, 6.07) is 2.15. The molecule has 0 aromatic heterocycles. The van der Waals surface area contributed by atoms with Gasteiger partial charge in [0.15, 0.2) is 0 Å². The lowest BCUT2D eigenvalue weighted by Crippen LogP contribution is -2.08. The van der Waals surface area contributed by atoms with Crippen LogP contribution in [0.15, 0.2) is 12.1 Å². The van der Waals surface area contributed by atoms with E-state index in [1.165, 1.54) is 13.2 Å². The quantitative estimate of drug-likeness (QED) is 0.804. The molecule has 16 heavy (non-hydrogen) atoms. The zero-order valence-corrected chi connectivity index (χ0v) is 8.31. The smallest absolute Gasteiger partial charge is 0.420 e. The van der Waals surface area contributed by atoms with Gasteiger partial charge in [0.25, 0.3) is 0 Å². The van der Waals surface area contributed by atoms with Crippen LogP contribution >= 0.6 is 0 Å². The molecule has 1 aliphatic heterocycles. The number of rotatable bonds is 1. The Kier molecular flexibility index (Phi) is 2.29. The second kappa shape index (κ2) is 3.40. The first kappa shape index (κ1) is 10.8. The average Bonchev–Trinajstić information content (AvgIpc) is 2.53. The standard InChI is InChI=1S/C10H8F3NO2/c1-16-8-2-5-3-9(15)14-7(5)4-6(8)10(11,12)13/h2,4H,3H2,1H3,(H,14,15). The second-order valence-corrected chi connectivity index (χ2v) is 3.43. The van der Waals surface area contributed by atoms with E-state index in [9.17, 15) is 18.0 Å². The van der Waals surface area contributed by atoms with Crippen LogP contribution < -0.4 is 10.1 Å². The number of carbonyl (C=O) groups is 1. The predicted molar refractivity (Wildman–Crippen MR) is 50.3 cm³/mol. The van der Waals surface area contributed by atoms with Crippen molar-refractivity contribution in [3.63, 3.8) is 0 Å². The Balaban J connectivity index is 2.55. The summed E-state index contributed by atoms with van der Waals surface area (Å²) in [6.07, 6.45) is -4.41. The fourth-order valence-corrected chi connectivity index (χ4v) is 1.64. The second-order valence-electron chi connectivity index (χ2n) is 3.43. The summed E-state index contributed by atoms with van der Waals surface area (Å²) in [5.74, 6) is -0.570. The summed E-state index contributed by atoms with van der Waals surface area (Å²) in [5.41, 5.74) is -0.149. The van der Waals surface area contributed by atoms with Gasteiger partial charge in [-0.3, -0.25) is 4.79 Å². The topological polar surface area (TPSA) is 38.3 Å². The van der Waals surface area contributed by atoms with Gasteiger partial charge in [0, 0.05) is 5.69 Å². The summed E-state index contributed by atoms with van der Waals surface area (Å²) in [5, 5.41) is 2.37. The molecule has 1 N–H and O–H groups in total. The molecule has 0 aliphatic carbocycles. The van der Waals surface area contributed by atoms with Crippen molar-refractivity contribution in [2.24, 2.45) is 0 Å². The fourth-order valence-electron chi connectivity index (χ4n) is 1.64. The molecule has 1 heterocycles. The van der Waals surface area contributed by atoms with Crippen LogP contribution in [0, 0.1) is 0 Å². The minimum absolute atomic E-state index is 0.0871. The molecule has 2 rings (SSSR count). The van der Waals surface area contributed by atoms with E-state index in [-0.39, 0.29) is 23.8 Å². The highest BCUT2D eigenvalue weighted by Gasteiger charge is 2.36. The minimum atomic E-state index is -4.49. The van der Waals surface area contributed by atoms with Crippen LogP contribution in [0.5, 0.6) is 5.75 Å². The van der Waals surface area contributed by atoms with Crippen molar-refractivity contribution in [1.29, 1.82) is 0 Å². The molecule has 6 heteroatoms. The largest absolute Gasteiger partial charge is 0.496 e. The summed E-state index contributed by atoms with van der Waals surface area (Å²) in [7, 11) is 1.17. The predicted octanol–water partition coefficient (Wildman–Crippen LogP) is 2.21. The molecular formula is C10H8F3NO2. The molecule has 1 aromatic rings. The molecule has 0 saturated carbocycles. The van der Waals surface area contributed by atoms with E-state index in [2.05, 4.69) is 10.1 Å². The Morgan fingerprint density at radius 2 is 2.06 bits per heavy atom. The maximum atomic E-state index is 12.6. The van der Waals surface area contributed by atoms with Gasteiger partial charge in [-0.2, -0.15) is 13.2 Å². The van der Waals surface area contributed by atoms with Crippen LogP contribution in [-0.2, 0) is 17.4 Å². The van der Waals surface area contributed by atoms with Gasteiger partial charge in [0.05, 0.1) is 19.1 Å². The molecular weight excluding hydrogens is 223 g/mol. The third kappa shape index (κ3) is 1.70. The number of carbonyl (C=O) groups excluding carboxylic acids is 1. The number of alkyl halides is 3. The fraction of sp³-hybridized carbons (Fsp3) is 0.300. The van der Waals surface area contributed by atoms with Crippen LogP contribution in [0.25, 0.3) is 0 Å². The SMILES string of the molecule is COc1cc2c(cc1C(F)(F)F)NC(=O)C2. The molecule has 0 unspecified atom stereocenters. The van der Waals surface area contributed by atoms with E-state index in [0.29, 0.717) is 5.56 Å². The van der Waals surface area contributed by atoms with E-state index in [4.69, 9.17) is 0 Å². The van der Waals surface area contributed by atoms with Crippen LogP contribution in [0.3, 0.4) is 0 Å². The van der Waals surface area contributed by atoms with Crippen molar-refractivity contribution >= 4 is 11.6 Å². The monoisotopic (exact) mass is 231 g/mol. The van der Waals surface area contributed by atoms with Crippen molar-refractivity contribution in [1.82, 2.24) is 0 Å². The molecule has 1 aromatic carbocycles. The molecule has 0 atom stereocenters. The van der Waals surface area contributed by atoms with Crippen molar-refractivity contribution in [3.05, 3.63) is 23.3 Å². The molecule has 1 amide bonds. The molecule has 0 bridgehead atoms. The number of ether oxygens (including phenoxy) is 1. The average molecular weight is 231 g/mol. The Hall–Kier alpha value is -1.72.